The summed E-state index contributed by atoms with van der Waals surface area (Å²) in [6.45, 7) is 6.64. The summed E-state index contributed by atoms with van der Waals surface area (Å²) in [4.78, 5) is 4.92. The highest BCUT2D eigenvalue weighted by Crippen LogP contribution is 2.34. The van der Waals surface area contributed by atoms with Gasteiger partial charge in [-0.05, 0) is 29.0 Å². The Bertz CT molecular complexity index is 1250. The van der Waals surface area contributed by atoms with Crippen LogP contribution in [0.3, 0.4) is 0 Å². The first-order valence-corrected chi connectivity index (χ1v) is 14.4. The average Bonchev–Trinajstić information content (AvgIpc) is 3.01. The number of rotatable bonds is 17. The van der Waals surface area contributed by atoms with Crippen LogP contribution >= 0.6 is 0 Å². The molecule has 0 aliphatic carbocycles. The number of nitrogens with zero attached hydrogens (tertiary/aromatic N) is 1. The van der Waals surface area contributed by atoms with Gasteiger partial charge >= 0.3 is 0 Å². The molecular weight excluding hydrogens is 498 g/mol. The minimum Gasteiger partial charge on any atom is -0.487 e. The third kappa shape index (κ3) is 9.42. The van der Waals surface area contributed by atoms with Crippen molar-refractivity contribution in [2.45, 2.75) is 66.0 Å². The quantitative estimate of drug-likeness (QED) is 0.135. The molecule has 5 nitrogen and oxygen atoms in total. The molecule has 4 aromatic rings. The van der Waals surface area contributed by atoms with Crippen LogP contribution in [0.1, 0.15) is 61.9 Å². The van der Waals surface area contributed by atoms with Gasteiger partial charge in [-0.3, -0.25) is 0 Å². The SMILES string of the molecule is CCCCC(CC)COc1nc(COCc2ccccc2)c(OCc2ccccc2)cc1OCc1ccccc1. The van der Waals surface area contributed by atoms with Crippen LogP contribution in [0.4, 0.5) is 0 Å². The summed E-state index contributed by atoms with van der Waals surface area (Å²) in [7, 11) is 0. The Labute approximate surface area is 239 Å². The lowest BCUT2D eigenvalue weighted by atomic mass is 10.0. The zero-order valence-corrected chi connectivity index (χ0v) is 23.8. The molecule has 1 unspecified atom stereocenters. The number of ether oxygens (including phenoxy) is 4. The fourth-order valence-corrected chi connectivity index (χ4v) is 4.34. The lowest BCUT2D eigenvalue weighted by Gasteiger charge is -2.20. The van der Waals surface area contributed by atoms with Crippen LogP contribution in [0.25, 0.3) is 0 Å². The molecule has 0 amide bonds. The van der Waals surface area contributed by atoms with Crippen molar-refractivity contribution in [1.82, 2.24) is 4.98 Å². The van der Waals surface area contributed by atoms with Crippen molar-refractivity contribution in [2.24, 2.45) is 5.92 Å². The van der Waals surface area contributed by atoms with Gasteiger partial charge in [-0.2, -0.15) is 0 Å². The Balaban J connectivity index is 1.58. The van der Waals surface area contributed by atoms with Crippen LogP contribution in [-0.2, 0) is 31.2 Å². The van der Waals surface area contributed by atoms with Gasteiger partial charge < -0.3 is 18.9 Å². The molecule has 4 rings (SSSR count). The van der Waals surface area contributed by atoms with E-state index in [1.807, 2.05) is 84.9 Å². The second-order valence-corrected chi connectivity index (χ2v) is 9.99. The Hall–Kier alpha value is -3.83. The standard InChI is InChI=1S/C35H41NO4/c1-3-5-15-28(4-2)24-40-35-34(39-26-31-20-13-8-14-21-31)22-33(38-25-30-18-11-7-12-19-30)32(36-35)27-37-23-29-16-9-6-10-17-29/h6-14,16-22,28H,3-5,15,23-27H2,1-2H3. The molecule has 1 aromatic heterocycles. The topological polar surface area (TPSA) is 49.8 Å². The summed E-state index contributed by atoms with van der Waals surface area (Å²) < 4.78 is 25.0. The van der Waals surface area contributed by atoms with Crippen molar-refractivity contribution in [3.8, 4) is 17.4 Å². The highest BCUT2D eigenvalue weighted by molar-refractivity contribution is 5.44. The molecule has 0 radical (unpaired) electrons. The van der Waals surface area contributed by atoms with Crippen LogP contribution in [0.2, 0.25) is 0 Å². The van der Waals surface area contributed by atoms with Gasteiger partial charge in [0.1, 0.15) is 24.7 Å². The van der Waals surface area contributed by atoms with E-state index in [1.54, 1.807) is 0 Å². The van der Waals surface area contributed by atoms with Gasteiger partial charge in [0, 0.05) is 6.07 Å². The molecule has 1 atom stereocenters. The number of unbranched alkanes of at least 4 members (excludes halogenated alkanes) is 1. The summed E-state index contributed by atoms with van der Waals surface area (Å²) in [6, 6.07) is 32.3. The van der Waals surface area contributed by atoms with Crippen LogP contribution in [0, 0.1) is 5.92 Å². The third-order valence-electron chi connectivity index (χ3n) is 6.82. The Morgan fingerprint density at radius 2 is 1.18 bits per heavy atom. The van der Waals surface area contributed by atoms with Crippen LogP contribution in [0.15, 0.2) is 97.1 Å². The second kappa shape index (κ2) is 16.3. The first-order valence-electron chi connectivity index (χ1n) is 14.4. The fraction of sp³-hybridized carbons (Fsp3) is 0.343. The summed E-state index contributed by atoms with van der Waals surface area (Å²) in [6.07, 6.45) is 4.57. The maximum Gasteiger partial charge on any atom is 0.257 e. The van der Waals surface area contributed by atoms with Gasteiger partial charge in [0.05, 0.1) is 19.8 Å². The molecule has 0 fully saturated rings. The van der Waals surface area contributed by atoms with E-state index >= 15 is 0 Å². The summed E-state index contributed by atoms with van der Waals surface area (Å²) in [5.41, 5.74) is 3.95. The molecule has 5 heteroatoms. The molecule has 1 heterocycles. The Kier molecular flexibility index (Phi) is 11.9. The highest BCUT2D eigenvalue weighted by Gasteiger charge is 2.18. The summed E-state index contributed by atoms with van der Waals surface area (Å²) in [5.74, 6) is 2.15. The normalized spacial score (nSPS) is 11.7. The molecule has 210 valence electrons. The van der Waals surface area contributed by atoms with Gasteiger partial charge in [-0.15, -0.1) is 0 Å². The third-order valence-corrected chi connectivity index (χ3v) is 6.82. The number of benzene rings is 3. The Morgan fingerprint density at radius 3 is 1.73 bits per heavy atom. The largest absolute Gasteiger partial charge is 0.487 e. The highest BCUT2D eigenvalue weighted by atomic mass is 16.5. The molecule has 0 saturated heterocycles. The monoisotopic (exact) mass is 539 g/mol. The Morgan fingerprint density at radius 1 is 0.625 bits per heavy atom. The second-order valence-electron chi connectivity index (χ2n) is 9.99. The smallest absolute Gasteiger partial charge is 0.257 e. The lowest BCUT2D eigenvalue weighted by Crippen LogP contribution is -2.14. The van der Waals surface area contributed by atoms with E-state index in [-0.39, 0.29) is 0 Å². The summed E-state index contributed by atoms with van der Waals surface area (Å²) in [5, 5.41) is 0. The number of aromatic nitrogens is 1. The van der Waals surface area contributed by atoms with Gasteiger partial charge in [-0.1, -0.05) is 124 Å². The van der Waals surface area contributed by atoms with E-state index in [1.165, 1.54) is 12.8 Å². The minimum absolute atomic E-state index is 0.293. The molecule has 0 aliphatic heterocycles. The van der Waals surface area contributed by atoms with Crippen LogP contribution in [0.5, 0.6) is 17.4 Å². The van der Waals surface area contributed by atoms with E-state index in [0.717, 1.165) is 29.5 Å². The predicted molar refractivity (Wildman–Crippen MR) is 160 cm³/mol. The molecular formula is C35H41NO4. The van der Waals surface area contributed by atoms with E-state index in [9.17, 15) is 0 Å². The molecule has 0 spiro atoms. The van der Waals surface area contributed by atoms with Gasteiger partial charge in [0.2, 0.25) is 0 Å². The zero-order chi connectivity index (χ0) is 27.8. The number of hydrogen-bond donors (Lipinski definition) is 0. The van der Waals surface area contributed by atoms with E-state index < -0.39 is 0 Å². The molecule has 0 aliphatic rings. The van der Waals surface area contributed by atoms with E-state index in [0.29, 0.717) is 62.0 Å². The van der Waals surface area contributed by atoms with Crippen molar-refractivity contribution in [1.29, 1.82) is 0 Å². The molecule has 3 aromatic carbocycles. The number of pyridine rings is 1. The molecule has 40 heavy (non-hydrogen) atoms. The maximum absolute atomic E-state index is 6.35. The van der Waals surface area contributed by atoms with Crippen LogP contribution < -0.4 is 14.2 Å². The zero-order valence-electron chi connectivity index (χ0n) is 23.8. The molecule has 0 N–H and O–H groups in total. The van der Waals surface area contributed by atoms with Crippen molar-refractivity contribution in [3.63, 3.8) is 0 Å². The van der Waals surface area contributed by atoms with Gasteiger partial charge in [0.25, 0.3) is 5.88 Å². The predicted octanol–water partition coefficient (Wildman–Crippen LogP) is 8.55. The van der Waals surface area contributed by atoms with Crippen molar-refractivity contribution < 1.29 is 18.9 Å². The van der Waals surface area contributed by atoms with Crippen molar-refractivity contribution >= 4 is 0 Å². The first-order chi connectivity index (χ1) is 19.7. The van der Waals surface area contributed by atoms with Gasteiger partial charge in [0.15, 0.2) is 5.75 Å². The number of hydrogen-bond acceptors (Lipinski definition) is 5. The average molecular weight is 540 g/mol. The summed E-state index contributed by atoms with van der Waals surface area (Å²) >= 11 is 0. The first kappa shape index (κ1) is 29.2. The maximum atomic E-state index is 6.35. The lowest BCUT2D eigenvalue weighted by molar-refractivity contribution is 0.100. The van der Waals surface area contributed by atoms with Crippen molar-refractivity contribution in [2.75, 3.05) is 6.61 Å². The van der Waals surface area contributed by atoms with Crippen molar-refractivity contribution in [3.05, 3.63) is 119 Å². The molecule has 0 bridgehead atoms. The van der Waals surface area contributed by atoms with Gasteiger partial charge in [-0.25, -0.2) is 4.98 Å². The fourth-order valence-electron chi connectivity index (χ4n) is 4.34. The minimum atomic E-state index is 0.293. The molecule has 0 saturated carbocycles. The van der Waals surface area contributed by atoms with E-state index in [2.05, 4.69) is 26.0 Å². The van der Waals surface area contributed by atoms with Crippen LogP contribution in [-0.4, -0.2) is 11.6 Å². The van der Waals surface area contributed by atoms with E-state index in [4.69, 9.17) is 23.9 Å².